The van der Waals surface area contributed by atoms with Crippen molar-refractivity contribution in [2.75, 3.05) is 0 Å². The molecular formula is C10H12FN2O13P3S2. The lowest BCUT2D eigenvalue weighted by Crippen LogP contribution is -2.43. The van der Waals surface area contributed by atoms with Gasteiger partial charge in [-0.3, -0.25) is 4.57 Å². The van der Waals surface area contributed by atoms with Crippen LogP contribution in [0.15, 0.2) is 6.20 Å². The van der Waals surface area contributed by atoms with Crippen molar-refractivity contribution in [1.82, 2.24) is 9.55 Å². The van der Waals surface area contributed by atoms with E-state index >= 15 is 0 Å². The van der Waals surface area contributed by atoms with E-state index in [2.05, 4.69) is 30.3 Å². The maximum absolute atomic E-state index is 13.8. The van der Waals surface area contributed by atoms with Crippen LogP contribution >= 0.6 is 47.9 Å². The first kappa shape index (κ1) is 26.6. The summed E-state index contributed by atoms with van der Waals surface area (Å²) in [6, 6.07) is 0. The van der Waals surface area contributed by atoms with Crippen LogP contribution in [0.2, 0.25) is 0 Å². The third kappa shape index (κ3) is 6.21. The van der Waals surface area contributed by atoms with Gasteiger partial charge < -0.3 is 39.5 Å². The molecule has 2 rings (SSSR count). The van der Waals surface area contributed by atoms with Gasteiger partial charge in [0.2, 0.25) is 0 Å². The Morgan fingerprint density at radius 3 is 2.29 bits per heavy atom. The zero-order chi connectivity index (χ0) is 24.0. The number of aliphatic hydroxyl groups excluding tert-OH is 2. The predicted molar refractivity (Wildman–Crippen MR) is 99.1 cm³/mol. The van der Waals surface area contributed by atoms with Gasteiger partial charge in [0.1, 0.15) is 10.7 Å². The molecule has 1 aliphatic rings. The number of nitrogens with one attached hydrogen (secondary N) is 1. The van der Waals surface area contributed by atoms with Crippen LogP contribution < -0.4 is 0 Å². The van der Waals surface area contributed by atoms with Gasteiger partial charge in [0.25, 0.3) is 5.79 Å². The second kappa shape index (κ2) is 8.92. The molecule has 31 heavy (non-hydrogen) atoms. The average Bonchev–Trinajstić information content (AvgIpc) is 2.80. The summed E-state index contributed by atoms with van der Waals surface area (Å²) in [4.78, 5) is 38.1. The third-order valence-electron chi connectivity index (χ3n) is 3.37. The van der Waals surface area contributed by atoms with E-state index in [1.54, 1.807) is 5.92 Å². The number of terminal acetylenes is 1. The number of H-pyrrole nitrogens is 1. The van der Waals surface area contributed by atoms with Crippen molar-refractivity contribution >= 4 is 47.9 Å². The molecule has 2 heterocycles. The zero-order valence-electron chi connectivity index (χ0n) is 14.4. The van der Waals surface area contributed by atoms with Crippen LogP contribution in [0.4, 0.5) is 4.39 Å². The summed E-state index contributed by atoms with van der Waals surface area (Å²) in [6.45, 7) is 0. The van der Waals surface area contributed by atoms with Crippen molar-refractivity contribution in [2.24, 2.45) is 0 Å². The highest BCUT2D eigenvalue weighted by Crippen LogP contribution is 2.67. The van der Waals surface area contributed by atoms with Gasteiger partial charge in [-0.25, -0.2) is 22.6 Å². The predicted octanol–water partition coefficient (Wildman–Crippen LogP) is 0.338. The fourth-order valence-corrected chi connectivity index (χ4v) is 5.92. The molecule has 1 saturated heterocycles. The molecule has 0 amide bonds. The molecule has 0 aromatic carbocycles. The monoisotopic (exact) mass is 544 g/mol. The van der Waals surface area contributed by atoms with Crippen LogP contribution in [0.1, 0.15) is 6.23 Å². The maximum atomic E-state index is 13.8. The molecular weight excluding hydrogens is 532 g/mol. The average molecular weight is 544 g/mol. The molecule has 7 N–H and O–H groups in total. The number of nitrogens with zero attached hydrogens (tertiary/aromatic N) is 1. The molecule has 0 aliphatic carbocycles. The quantitative estimate of drug-likeness (QED) is 0.139. The Morgan fingerprint density at radius 1 is 1.19 bits per heavy atom. The van der Waals surface area contributed by atoms with Gasteiger partial charge in [-0.05, 0) is 18.1 Å². The van der Waals surface area contributed by atoms with Crippen LogP contribution in [0.3, 0.4) is 0 Å². The molecule has 174 valence electrons. The summed E-state index contributed by atoms with van der Waals surface area (Å²) in [7, 11) is -17.5. The highest BCUT2D eigenvalue weighted by atomic mass is 32.1. The highest BCUT2D eigenvalue weighted by molar-refractivity contribution is 7.72. The van der Waals surface area contributed by atoms with E-state index in [1.165, 1.54) is 0 Å². The SMILES string of the molecule is C#C[C@]1(OP(=O)(O)OP(=O)(O)OP(=O)(O)O)O[C@@H](n2cc(F)c(=S)[nH]c2=S)[C@@H](O)[C@H]1O. The molecule has 0 spiro atoms. The molecule has 15 nitrogen and oxygen atoms in total. The first-order valence-corrected chi connectivity index (χ1v) is 12.6. The molecule has 1 aromatic heterocycles. The van der Waals surface area contributed by atoms with Gasteiger partial charge in [0, 0.05) is 6.20 Å². The van der Waals surface area contributed by atoms with E-state index in [1.807, 2.05) is 0 Å². The largest absolute Gasteiger partial charge is 0.490 e. The number of hydrogen-bond donors (Lipinski definition) is 7. The molecule has 6 atom stereocenters. The smallest absolute Gasteiger partial charge is 0.385 e. The minimum absolute atomic E-state index is 0.339. The van der Waals surface area contributed by atoms with E-state index in [4.69, 9.17) is 33.2 Å². The van der Waals surface area contributed by atoms with Crippen LogP contribution in [-0.4, -0.2) is 57.3 Å². The van der Waals surface area contributed by atoms with Gasteiger partial charge in [-0.2, -0.15) is 8.62 Å². The third-order valence-corrected chi connectivity index (χ3v) is 7.81. The second-order valence-corrected chi connectivity index (χ2v) is 10.7. The minimum Gasteiger partial charge on any atom is -0.385 e. The summed E-state index contributed by atoms with van der Waals surface area (Å²) >= 11 is 9.52. The maximum Gasteiger partial charge on any atom is 0.490 e. The van der Waals surface area contributed by atoms with Crippen molar-refractivity contribution in [3.8, 4) is 12.3 Å². The lowest BCUT2D eigenvalue weighted by molar-refractivity contribution is -0.187. The van der Waals surface area contributed by atoms with Crippen LogP contribution in [0.5, 0.6) is 0 Å². The molecule has 0 bridgehead atoms. The number of halogens is 1. The number of aromatic amines is 1. The number of phosphoric acid groups is 3. The van der Waals surface area contributed by atoms with Crippen LogP contribution in [0, 0.1) is 27.6 Å². The fourth-order valence-electron chi connectivity index (χ4n) is 2.26. The van der Waals surface area contributed by atoms with Crippen molar-refractivity contribution < 1.29 is 65.8 Å². The summed E-state index contributed by atoms with van der Waals surface area (Å²) in [6.07, 6.45) is -0.487. The molecule has 1 aliphatic heterocycles. The van der Waals surface area contributed by atoms with Gasteiger partial charge >= 0.3 is 23.5 Å². The van der Waals surface area contributed by atoms with Gasteiger partial charge in [0.05, 0.1) is 0 Å². The Bertz CT molecular complexity index is 1180. The molecule has 1 fully saturated rings. The Balaban J connectivity index is 2.38. The van der Waals surface area contributed by atoms with E-state index < -0.39 is 58.1 Å². The minimum atomic E-state index is -5.92. The van der Waals surface area contributed by atoms with E-state index in [0.717, 1.165) is 0 Å². The Labute approximate surface area is 181 Å². The highest BCUT2D eigenvalue weighted by Gasteiger charge is 2.59. The number of ether oxygens (including phenoxy) is 1. The number of hydrogen-bond acceptors (Lipinski definition) is 11. The second-order valence-electron chi connectivity index (χ2n) is 5.58. The van der Waals surface area contributed by atoms with E-state index in [0.29, 0.717) is 10.8 Å². The Hall–Kier alpha value is -0.700. The number of aromatic nitrogens is 2. The normalized spacial score (nSPS) is 30.3. The summed E-state index contributed by atoms with van der Waals surface area (Å²) < 4.78 is 64.4. The molecule has 1 aromatic rings. The summed E-state index contributed by atoms with van der Waals surface area (Å²) in [5, 5.41) is 20.4. The molecule has 2 unspecified atom stereocenters. The van der Waals surface area contributed by atoms with Gasteiger partial charge in [-0.1, -0.05) is 12.2 Å². The van der Waals surface area contributed by atoms with Gasteiger partial charge in [0.15, 0.2) is 22.9 Å². The molecule has 21 heteroatoms. The lowest BCUT2D eigenvalue weighted by Gasteiger charge is -2.28. The molecule has 0 radical (unpaired) electrons. The first-order chi connectivity index (χ1) is 13.9. The van der Waals surface area contributed by atoms with E-state index in [9.17, 15) is 38.1 Å². The lowest BCUT2D eigenvalue weighted by atomic mass is 10.1. The number of phosphoric ester groups is 1. The van der Waals surface area contributed by atoms with Crippen molar-refractivity contribution in [2.45, 2.75) is 24.2 Å². The standard InChI is InChI=1S/C10H12FN2O13P3S2/c1-2-10(24-28(19,20)26-29(21,22)25-27(16,17)18)6(15)5(14)8(23-10)13-3-4(11)7(30)12-9(13)31/h1,3,5-6,8,14-15H,(H,19,20)(H,21,22)(H,12,30,31)(H2,16,17,18)/t5-,6+,8+,10+/m0/s1. The van der Waals surface area contributed by atoms with Crippen molar-refractivity contribution in [3.63, 3.8) is 0 Å². The summed E-state index contributed by atoms with van der Waals surface area (Å²) in [5.41, 5.74) is 0. The number of rotatable bonds is 7. The summed E-state index contributed by atoms with van der Waals surface area (Å²) in [5.74, 6) is -2.51. The first-order valence-electron chi connectivity index (χ1n) is 7.29. The van der Waals surface area contributed by atoms with E-state index in [-0.39, 0.29) is 4.77 Å². The number of aliphatic hydroxyl groups is 2. The van der Waals surface area contributed by atoms with Gasteiger partial charge in [-0.15, -0.1) is 6.42 Å². The topological polar surface area (TPSA) is 230 Å². The van der Waals surface area contributed by atoms with Crippen molar-refractivity contribution in [1.29, 1.82) is 0 Å². The Kier molecular flexibility index (Phi) is 7.64. The zero-order valence-corrected chi connectivity index (χ0v) is 18.7. The molecule has 0 saturated carbocycles. The van der Waals surface area contributed by atoms with Crippen LogP contribution in [-0.2, 0) is 31.6 Å². The van der Waals surface area contributed by atoms with Crippen LogP contribution in [0.25, 0.3) is 0 Å². The fraction of sp³-hybridized carbons (Fsp3) is 0.400. The van der Waals surface area contributed by atoms with Crippen molar-refractivity contribution in [3.05, 3.63) is 21.4 Å². The Morgan fingerprint density at radius 2 is 1.77 bits per heavy atom.